The number of methoxy groups -OCH3 is 1. The number of rotatable bonds is 3. The van der Waals surface area contributed by atoms with E-state index in [-0.39, 0.29) is 16.3 Å². The average Bonchev–Trinajstić information content (AvgIpc) is 2.82. The van der Waals surface area contributed by atoms with Gasteiger partial charge in [-0.15, -0.1) is 0 Å². The molecule has 1 aromatic heterocycles. The third kappa shape index (κ3) is 3.95. The number of furan rings is 1. The number of carbonyl (C=O) groups excluding carboxylic acids is 1. The lowest BCUT2D eigenvalue weighted by atomic mass is 9.77. The van der Waals surface area contributed by atoms with Gasteiger partial charge in [-0.05, 0) is 42.7 Å². The third-order valence-electron chi connectivity index (χ3n) is 4.47. The number of sulfonamides is 1. The van der Waals surface area contributed by atoms with Gasteiger partial charge in [0, 0.05) is 13.1 Å². The van der Waals surface area contributed by atoms with Crippen molar-refractivity contribution >= 4 is 16.0 Å². The fourth-order valence-corrected chi connectivity index (χ4v) is 4.38. The van der Waals surface area contributed by atoms with Gasteiger partial charge in [0.05, 0.1) is 7.11 Å². The fourth-order valence-electron chi connectivity index (χ4n) is 2.97. The molecular formula is C16H25NO5S. The van der Waals surface area contributed by atoms with Crippen molar-refractivity contribution in [2.24, 2.45) is 11.3 Å². The largest absolute Gasteiger partial charge is 0.463 e. The molecule has 0 radical (unpaired) electrons. The first-order chi connectivity index (χ1) is 10.7. The highest BCUT2D eigenvalue weighted by atomic mass is 32.2. The molecule has 0 bridgehead atoms. The highest BCUT2D eigenvalue weighted by Gasteiger charge is 2.33. The number of hydrogen-bond donors (Lipinski definition) is 0. The Kier molecular flexibility index (Phi) is 5.20. The first-order valence-electron chi connectivity index (χ1n) is 7.84. The van der Waals surface area contributed by atoms with Crippen LogP contribution < -0.4 is 0 Å². The van der Waals surface area contributed by atoms with Crippen LogP contribution in [0.25, 0.3) is 0 Å². The molecule has 1 aromatic rings. The molecule has 130 valence electrons. The zero-order valence-corrected chi connectivity index (χ0v) is 15.0. The number of hydrogen-bond acceptors (Lipinski definition) is 5. The van der Waals surface area contributed by atoms with Crippen molar-refractivity contribution in [3.05, 3.63) is 17.9 Å². The summed E-state index contributed by atoms with van der Waals surface area (Å²) >= 11 is 0. The normalized spacial score (nSPS) is 21.0. The molecule has 1 aliphatic rings. The van der Waals surface area contributed by atoms with Gasteiger partial charge in [0.15, 0.2) is 0 Å². The van der Waals surface area contributed by atoms with Crippen molar-refractivity contribution in [2.75, 3.05) is 20.2 Å². The van der Waals surface area contributed by atoms with Crippen LogP contribution in [0.4, 0.5) is 0 Å². The second-order valence-corrected chi connectivity index (χ2v) is 8.88. The lowest BCUT2D eigenvalue weighted by molar-refractivity contribution is 0.0558. The Morgan fingerprint density at radius 2 is 1.96 bits per heavy atom. The lowest BCUT2D eigenvalue weighted by Crippen LogP contribution is -2.32. The van der Waals surface area contributed by atoms with Crippen LogP contribution in [-0.2, 0) is 14.8 Å². The molecule has 2 rings (SSSR count). The molecule has 6 nitrogen and oxygen atoms in total. The number of ether oxygens (including phenoxy) is 1. The Morgan fingerprint density at radius 3 is 2.57 bits per heavy atom. The molecule has 0 spiro atoms. The topological polar surface area (TPSA) is 76.8 Å². The van der Waals surface area contributed by atoms with Crippen LogP contribution in [0.5, 0.6) is 0 Å². The van der Waals surface area contributed by atoms with Crippen LogP contribution in [0, 0.1) is 11.3 Å². The molecule has 2 heterocycles. The minimum atomic E-state index is -3.72. The average molecular weight is 343 g/mol. The quantitative estimate of drug-likeness (QED) is 0.789. The molecular weight excluding hydrogens is 318 g/mol. The van der Waals surface area contributed by atoms with Crippen molar-refractivity contribution in [3.8, 4) is 0 Å². The summed E-state index contributed by atoms with van der Waals surface area (Å²) in [7, 11) is -2.49. The lowest BCUT2D eigenvalue weighted by Gasteiger charge is -2.29. The molecule has 0 N–H and O–H groups in total. The summed E-state index contributed by atoms with van der Waals surface area (Å²) in [6.45, 7) is 7.52. The summed E-state index contributed by atoms with van der Waals surface area (Å²) in [6.07, 6.45) is 2.67. The summed E-state index contributed by atoms with van der Waals surface area (Å²) in [4.78, 5) is 11.4. The van der Waals surface area contributed by atoms with Gasteiger partial charge >= 0.3 is 5.97 Å². The van der Waals surface area contributed by atoms with Crippen LogP contribution in [0.2, 0.25) is 0 Å². The van der Waals surface area contributed by atoms with E-state index in [0.29, 0.717) is 19.0 Å². The summed E-state index contributed by atoms with van der Waals surface area (Å²) < 4.78 is 36.6. The molecule has 1 saturated heterocycles. The standard InChI is InChI=1S/C16H25NO5S/c1-16(2,3)12-6-5-10-17(11-9-12)23(19,20)14-8-7-13(22-14)15(18)21-4/h7-8,12H,5-6,9-11H2,1-4H3. The van der Waals surface area contributed by atoms with Gasteiger partial charge in [-0.2, -0.15) is 4.31 Å². The Bertz CT molecular complexity index is 656. The van der Waals surface area contributed by atoms with Crippen molar-refractivity contribution in [2.45, 2.75) is 45.1 Å². The van der Waals surface area contributed by atoms with Gasteiger partial charge in [-0.1, -0.05) is 20.8 Å². The summed E-state index contributed by atoms with van der Waals surface area (Å²) in [5.74, 6) is -0.298. The predicted molar refractivity (Wildman–Crippen MR) is 85.6 cm³/mol. The van der Waals surface area contributed by atoms with Crippen LogP contribution in [0.1, 0.15) is 50.6 Å². The van der Waals surface area contributed by atoms with E-state index in [1.807, 2.05) is 0 Å². The first-order valence-corrected chi connectivity index (χ1v) is 9.28. The number of nitrogens with zero attached hydrogens (tertiary/aromatic N) is 1. The van der Waals surface area contributed by atoms with E-state index < -0.39 is 16.0 Å². The van der Waals surface area contributed by atoms with E-state index in [1.54, 1.807) is 0 Å². The molecule has 0 aromatic carbocycles. The Morgan fingerprint density at radius 1 is 1.26 bits per heavy atom. The molecule has 1 unspecified atom stereocenters. The molecule has 0 aliphatic carbocycles. The molecule has 0 amide bonds. The highest BCUT2D eigenvalue weighted by Crippen LogP contribution is 2.35. The van der Waals surface area contributed by atoms with Gasteiger partial charge in [-0.25, -0.2) is 13.2 Å². The van der Waals surface area contributed by atoms with Gasteiger partial charge in [0.2, 0.25) is 10.9 Å². The smallest absolute Gasteiger partial charge is 0.374 e. The second-order valence-electron chi connectivity index (χ2n) is 7.01. The first kappa shape index (κ1) is 18.0. The van der Waals surface area contributed by atoms with Crippen molar-refractivity contribution in [1.29, 1.82) is 0 Å². The van der Waals surface area contributed by atoms with Gasteiger partial charge in [-0.3, -0.25) is 0 Å². The van der Waals surface area contributed by atoms with E-state index in [4.69, 9.17) is 4.42 Å². The zero-order chi connectivity index (χ0) is 17.3. The third-order valence-corrected chi connectivity index (χ3v) is 6.25. The number of esters is 1. The van der Waals surface area contributed by atoms with E-state index in [1.165, 1.54) is 23.5 Å². The SMILES string of the molecule is COC(=O)c1ccc(S(=O)(=O)N2CCCC(C(C)(C)C)CC2)o1. The van der Waals surface area contributed by atoms with E-state index in [2.05, 4.69) is 25.5 Å². The summed E-state index contributed by atoms with van der Waals surface area (Å²) in [6, 6.07) is 2.64. The van der Waals surface area contributed by atoms with Gasteiger partial charge < -0.3 is 9.15 Å². The van der Waals surface area contributed by atoms with E-state index >= 15 is 0 Å². The van der Waals surface area contributed by atoms with E-state index in [9.17, 15) is 13.2 Å². The minimum absolute atomic E-state index is 0.103. The van der Waals surface area contributed by atoms with Crippen molar-refractivity contribution in [3.63, 3.8) is 0 Å². The maximum atomic E-state index is 12.7. The Labute approximate surface area is 137 Å². The maximum Gasteiger partial charge on any atom is 0.374 e. The van der Waals surface area contributed by atoms with Gasteiger partial charge in [0.1, 0.15) is 0 Å². The summed E-state index contributed by atoms with van der Waals surface area (Å²) in [5, 5.41) is -0.202. The van der Waals surface area contributed by atoms with Crippen molar-refractivity contribution in [1.82, 2.24) is 4.31 Å². The zero-order valence-electron chi connectivity index (χ0n) is 14.2. The summed E-state index contributed by atoms with van der Waals surface area (Å²) in [5.41, 5.74) is 0.169. The maximum absolute atomic E-state index is 12.7. The number of carbonyl (C=O) groups is 1. The van der Waals surface area contributed by atoms with Crippen LogP contribution >= 0.6 is 0 Å². The highest BCUT2D eigenvalue weighted by molar-refractivity contribution is 7.89. The molecule has 1 fully saturated rings. The van der Waals surface area contributed by atoms with Crippen LogP contribution in [-0.4, -0.2) is 38.9 Å². The molecule has 23 heavy (non-hydrogen) atoms. The molecule has 1 aliphatic heterocycles. The van der Waals surface area contributed by atoms with Gasteiger partial charge in [0.25, 0.3) is 10.0 Å². The predicted octanol–water partition coefficient (Wildman–Crippen LogP) is 2.90. The minimum Gasteiger partial charge on any atom is -0.463 e. The second kappa shape index (κ2) is 6.65. The van der Waals surface area contributed by atoms with Crippen LogP contribution in [0.3, 0.4) is 0 Å². The van der Waals surface area contributed by atoms with Crippen molar-refractivity contribution < 1.29 is 22.4 Å². The fraction of sp³-hybridized carbons (Fsp3) is 0.688. The Hall–Kier alpha value is -1.34. The Balaban J connectivity index is 2.17. The van der Waals surface area contributed by atoms with Crippen LogP contribution in [0.15, 0.2) is 21.6 Å². The monoisotopic (exact) mass is 343 g/mol. The molecule has 1 atom stereocenters. The van der Waals surface area contributed by atoms with E-state index in [0.717, 1.165) is 19.3 Å². The molecule has 7 heteroatoms. The molecule has 0 saturated carbocycles.